The molecule has 2 heterocycles. The quantitative estimate of drug-likeness (QED) is 0.692. The van der Waals surface area contributed by atoms with Crippen LogP contribution in [0.4, 0.5) is 13.2 Å². The van der Waals surface area contributed by atoms with Crippen molar-refractivity contribution < 1.29 is 21.6 Å². The van der Waals surface area contributed by atoms with Gasteiger partial charge in [0.1, 0.15) is 10.9 Å². The van der Waals surface area contributed by atoms with Crippen molar-refractivity contribution in [2.45, 2.75) is 24.0 Å². The lowest BCUT2D eigenvalue weighted by atomic mass is 10.2. The molecule has 1 saturated heterocycles. The normalized spacial score (nSPS) is 19.3. The van der Waals surface area contributed by atoms with Gasteiger partial charge in [-0.2, -0.15) is 18.3 Å². The first-order valence-corrected chi connectivity index (χ1v) is 8.21. The lowest BCUT2D eigenvalue weighted by molar-refractivity contribution is -0.182. The monoisotopic (exact) mass is 341 g/mol. The Balaban J connectivity index is 2.10. The number of halogens is 3. The molecule has 1 aliphatic rings. The van der Waals surface area contributed by atoms with Gasteiger partial charge < -0.3 is 5.32 Å². The molecule has 22 heavy (non-hydrogen) atoms. The summed E-state index contributed by atoms with van der Waals surface area (Å²) < 4.78 is 65.7. The Morgan fingerprint density at radius 1 is 1.41 bits per heavy atom. The number of aryl methyl sites for hydroxylation is 1. The van der Waals surface area contributed by atoms with Crippen molar-refractivity contribution in [1.82, 2.24) is 25.1 Å². The van der Waals surface area contributed by atoms with Gasteiger partial charge in [0, 0.05) is 32.7 Å². The van der Waals surface area contributed by atoms with Gasteiger partial charge in [-0.25, -0.2) is 13.1 Å². The third-order valence-corrected chi connectivity index (χ3v) is 5.05. The Morgan fingerprint density at radius 3 is 2.55 bits per heavy atom. The smallest absolute Gasteiger partial charge is 0.314 e. The minimum absolute atomic E-state index is 0.145. The van der Waals surface area contributed by atoms with E-state index in [0.717, 1.165) is 6.20 Å². The van der Waals surface area contributed by atoms with E-state index in [9.17, 15) is 21.6 Å². The van der Waals surface area contributed by atoms with Gasteiger partial charge in [0.2, 0.25) is 10.0 Å². The number of piperazine rings is 1. The number of sulfonamides is 1. The molecular formula is C11H18F3N5O2S. The molecule has 1 fully saturated rings. The van der Waals surface area contributed by atoms with E-state index in [4.69, 9.17) is 0 Å². The van der Waals surface area contributed by atoms with Gasteiger partial charge >= 0.3 is 6.18 Å². The minimum atomic E-state index is -4.51. The molecule has 0 aromatic carbocycles. The number of H-pyrrole nitrogens is 1. The Kier molecular flexibility index (Phi) is 5.10. The molecule has 0 aliphatic carbocycles. The first-order valence-electron chi connectivity index (χ1n) is 6.73. The molecule has 2 rings (SSSR count). The van der Waals surface area contributed by atoms with Crippen LogP contribution in [0.15, 0.2) is 11.1 Å². The van der Waals surface area contributed by atoms with Crippen molar-refractivity contribution in [2.24, 2.45) is 0 Å². The fourth-order valence-electron chi connectivity index (χ4n) is 2.32. The number of hydrogen-bond donors (Lipinski definition) is 3. The molecular weight excluding hydrogens is 323 g/mol. The van der Waals surface area contributed by atoms with Crippen molar-refractivity contribution in [3.8, 4) is 0 Å². The van der Waals surface area contributed by atoms with E-state index >= 15 is 0 Å². The van der Waals surface area contributed by atoms with Gasteiger partial charge in [-0.3, -0.25) is 10.00 Å². The third kappa shape index (κ3) is 3.97. The van der Waals surface area contributed by atoms with E-state index in [-0.39, 0.29) is 23.7 Å². The Bertz CT molecular complexity index is 595. The molecule has 0 bridgehead atoms. The van der Waals surface area contributed by atoms with Crippen molar-refractivity contribution in [1.29, 1.82) is 0 Å². The van der Waals surface area contributed by atoms with E-state index < -0.39 is 28.8 Å². The summed E-state index contributed by atoms with van der Waals surface area (Å²) in [4.78, 5) is 1.09. The summed E-state index contributed by atoms with van der Waals surface area (Å²) in [6, 6.07) is -1.85. The van der Waals surface area contributed by atoms with Crippen LogP contribution < -0.4 is 10.0 Å². The number of hydrogen-bond acceptors (Lipinski definition) is 5. The maximum absolute atomic E-state index is 13.2. The number of rotatable bonds is 5. The summed E-state index contributed by atoms with van der Waals surface area (Å²) >= 11 is 0. The van der Waals surface area contributed by atoms with Gasteiger partial charge in [0.15, 0.2) is 0 Å². The molecule has 0 saturated carbocycles. The molecule has 11 heteroatoms. The van der Waals surface area contributed by atoms with Crippen molar-refractivity contribution in [3.05, 3.63) is 11.9 Å². The van der Waals surface area contributed by atoms with Crippen molar-refractivity contribution in [2.75, 3.05) is 32.7 Å². The highest BCUT2D eigenvalue weighted by Crippen LogP contribution is 2.25. The van der Waals surface area contributed by atoms with E-state index in [0.29, 0.717) is 13.1 Å². The molecule has 1 aromatic rings. The molecule has 3 N–H and O–H groups in total. The highest BCUT2D eigenvalue weighted by molar-refractivity contribution is 7.89. The van der Waals surface area contributed by atoms with Crippen LogP contribution in [0.25, 0.3) is 0 Å². The third-order valence-electron chi connectivity index (χ3n) is 3.51. The summed E-state index contributed by atoms with van der Waals surface area (Å²) in [6.45, 7) is 2.09. The van der Waals surface area contributed by atoms with Gasteiger partial charge in [0.25, 0.3) is 0 Å². The largest absolute Gasteiger partial charge is 0.405 e. The number of aromatic nitrogens is 2. The maximum atomic E-state index is 13.2. The zero-order valence-electron chi connectivity index (χ0n) is 11.9. The summed E-state index contributed by atoms with van der Waals surface area (Å²) in [5.41, 5.74) is 0.276. The second-order valence-electron chi connectivity index (χ2n) is 5.05. The summed E-state index contributed by atoms with van der Waals surface area (Å²) in [7, 11) is -4.03. The molecule has 1 atom stereocenters. The molecule has 7 nitrogen and oxygen atoms in total. The predicted octanol–water partition coefficient (Wildman–Crippen LogP) is -0.167. The topological polar surface area (TPSA) is 90.1 Å². The second-order valence-corrected chi connectivity index (χ2v) is 6.79. The molecule has 0 amide bonds. The number of nitrogens with one attached hydrogen (secondary N) is 3. The van der Waals surface area contributed by atoms with Crippen molar-refractivity contribution in [3.63, 3.8) is 0 Å². The lowest BCUT2D eigenvalue weighted by Gasteiger charge is -2.35. The maximum Gasteiger partial charge on any atom is 0.405 e. The van der Waals surface area contributed by atoms with Crippen LogP contribution in [0.2, 0.25) is 0 Å². The van der Waals surface area contributed by atoms with Crippen LogP contribution in [-0.2, 0) is 10.0 Å². The molecule has 0 radical (unpaired) electrons. The Labute approximate surface area is 126 Å². The number of alkyl halides is 3. The first kappa shape index (κ1) is 17.2. The van der Waals surface area contributed by atoms with Gasteiger partial charge in [0.05, 0.1) is 11.9 Å². The molecule has 1 aliphatic heterocycles. The standard InChI is InChI=1S/C11H18F3N5O2S/c1-8-9(6-16-18-8)22(20,21)17-7-10(11(12,13)14)19-4-2-15-3-5-19/h6,10,15,17H,2-5,7H2,1H3,(H,16,18). The highest BCUT2D eigenvalue weighted by atomic mass is 32.2. The predicted molar refractivity (Wildman–Crippen MR) is 72.8 cm³/mol. The van der Waals surface area contributed by atoms with E-state index in [2.05, 4.69) is 15.5 Å². The van der Waals surface area contributed by atoms with Gasteiger partial charge in [-0.05, 0) is 6.92 Å². The Hall–Kier alpha value is -1.17. The average molecular weight is 341 g/mol. The van der Waals surface area contributed by atoms with Crippen LogP contribution in [-0.4, -0.2) is 68.5 Å². The van der Waals surface area contributed by atoms with Gasteiger partial charge in [-0.1, -0.05) is 0 Å². The van der Waals surface area contributed by atoms with E-state index in [1.54, 1.807) is 0 Å². The summed E-state index contributed by atoms with van der Waals surface area (Å²) in [5.74, 6) is 0. The minimum Gasteiger partial charge on any atom is -0.314 e. The van der Waals surface area contributed by atoms with Crippen LogP contribution in [0.3, 0.4) is 0 Å². The molecule has 1 aromatic heterocycles. The highest BCUT2D eigenvalue weighted by Gasteiger charge is 2.44. The van der Waals surface area contributed by atoms with E-state index in [1.807, 2.05) is 4.72 Å². The zero-order chi connectivity index (χ0) is 16.4. The summed E-state index contributed by atoms with van der Waals surface area (Å²) in [6.07, 6.45) is -3.43. The molecule has 1 unspecified atom stereocenters. The Morgan fingerprint density at radius 2 is 2.05 bits per heavy atom. The SMILES string of the molecule is Cc1[nH]ncc1S(=O)(=O)NCC(N1CCNCC1)C(F)(F)F. The number of nitrogens with zero attached hydrogens (tertiary/aromatic N) is 2. The average Bonchev–Trinajstić information content (AvgIpc) is 2.85. The number of aromatic amines is 1. The zero-order valence-corrected chi connectivity index (χ0v) is 12.8. The van der Waals surface area contributed by atoms with Gasteiger partial charge in [-0.15, -0.1) is 0 Å². The molecule has 0 spiro atoms. The van der Waals surface area contributed by atoms with Crippen LogP contribution >= 0.6 is 0 Å². The van der Waals surface area contributed by atoms with Crippen LogP contribution in [0.5, 0.6) is 0 Å². The molecule has 126 valence electrons. The van der Waals surface area contributed by atoms with Crippen LogP contribution in [0.1, 0.15) is 5.69 Å². The first-order chi connectivity index (χ1) is 10.2. The fourth-order valence-corrected chi connectivity index (χ4v) is 3.50. The second kappa shape index (κ2) is 6.52. The lowest BCUT2D eigenvalue weighted by Crippen LogP contribution is -2.57. The fraction of sp³-hybridized carbons (Fsp3) is 0.727. The van der Waals surface area contributed by atoms with Crippen molar-refractivity contribution >= 4 is 10.0 Å². The summed E-state index contributed by atoms with van der Waals surface area (Å²) in [5, 5.41) is 8.98. The van der Waals surface area contributed by atoms with E-state index in [1.165, 1.54) is 11.8 Å². The van der Waals surface area contributed by atoms with Crippen LogP contribution in [0, 0.1) is 6.92 Å².